The number of ether oxygens (including phenoxy) is 1. The lowest BCUT2D eigenvalue weighted by molar-refractivity contribution is -0.0191. The standard InChI is InChI=1S/C24H19FN2O2/c1-29-18-13-27(14-18)24(28)16-8-9-20-15(10-16)4-2-5-19(20)17-11-21-22(25)6-3-7-23(21)26-12-17/h2-12,18H,13-14H2,1H3. The highest BCUT2D eigenvalue weighted by Crippen LogP contribution is 2.31. The van der Waals surface area contributed by atoms with Gasteiger partial charge in [0.25, 0.3) is 5.91 Å². The summed E-state index contributed by atoms with van der Waals surface area (Å²) in [6, 6.07) is 18.4. The molecule has 2 heterocycles. The first-order valence-electron chi connectivity index (χ1n) is 9.53. The Labute approximate surface area is 167 Å². The van der Waals surface area contributed by atoms with Crippen molar-refractivity contribution in [2.45, 2.75) is 6.10 Å². The Balaban J connectivity index is 1.54. The smallest absolute Gasteiger partial charge is 0.254 e. The van der Waals surface area contributed by atoms with Crippen LogP contribution in [0.4, 0.5) is 4.39 Å². The predicted molar refractivity (Wildman–Crippen MR) is 111 cm³/mol. The highest BCUT2D eigenvalue weighted by Gasteiger charge is 2.31. The molecule has 1 aliphatic rings. The van der Waals surface area contributed by atoms with E-state index in [9.17, 15) is 9.18 Å². The van der Waals surface area contributed by atoms with Crippen LogP contribution in [0.1, 0.15) is 10.4 Å². The number of hydrogen-bond acceptors (Lipinski definition) is 3. The van der Waals surface area contributed by atoms with E-state index < -0.39 is 0 Å². The number of rotatable bonds is 3. The van der Waals surface area contributed by atoms with E-state index in [-0.39, 0.29) is 17.8 Å². The van der Waals surface area contributed by atoms with E-state index in [1.807, 2.05) is 42.5 Å². The number of aromatic nitrogens is 1. The summed E-state index contributed by atoms with van der Waals surface area (Å²) in [4.78, 5) is 18.9. The largest absolute Gasteiger partial charge is 0.378 e. The number of nitrogens with zero attached hydrogens (tertiary/aromatic N) is 2. The molecule has 1 aliphatic heterocycles. The van der Waals surface area contributed by atoms with Crippen LogP contribution in [0.3, 0.4) is 0 Å². The van der Waals surface area contributed by atoms with E-state index in [0.29, 0.717) is 29.6 Å². The Kier molecular flexibility index (Phi) is 4.25. The zero-order valence-electron chi connectivity index (χ0n) is 15.9. The zero-order chi connectivity index (χ0) is 20.0. The number of fused-ring (bicyclic) bond motifs is 2. The van der Waals surface area contributed by atoms with Crippen molar-refractivity contribution in [3.8, 4) is 11.1 Å². The molecule has 144 valence electrons. The molecule has 0 spiro atoms. The van der Waals surface area contributed by atoms with Crippen molar-refractivity contribution in [2.75, 3.05) is 20.2 Å². The van der Waals surface area contributed by atoms with Crippen LogP contribution in [0, 0.1) is 5.82 Å². The molecular weight excluding hydrogens is 367 g/mol. The molecule has 1 aromatic heterocycles. The Morgan fingerprint density at radius 3 is 2.72 bits per heavy atom. The average Bonchev–Trinajstić information content (AvgIpc) is 2.72. The molecule has 0 radical (unpaired) electrons. The van der Waals surface area contributed by atoms with Gasteiger partial charge in [-0.25, -0.2) is 4.39 Å². The van der Waals surface area contributed by atoms with Crippen LogP contribution in [0.5, 0.6) is 0 Å². The van der Waals surface area contributed by atoms with Gasteiger partial charge in [0, 0.05) is 42.9 Å². The van der Waals surface area contributed by atoms with Crippen molar-refractivity contribution in [3.05, 3.63) is 78.2 Å². The number of carbonyl (C=O) groups excluding carboxylic acids is 1. The van der Waals surface area contributed by atoms with Gasteiger partial charge >= 0.3 is 0 Å². The number of benzene rings is 3. The normalized spacial score (nSPS) is 14.3. The van der Waals surface area contributed by atoms with Gasteiger partial charge in [-0.15, -0.1) is 0 Å². The molecule has 0 bridgehead atoms. The molecule has 0 saturated carbocycles. The SMILES string of the molecule is COC1CN(C(=O)c2ccc3c(-c4cnc5cccc(F)c5c4)cccc3c2)C1. The van der Waals surface area contributed by atoms with Gasteiger partial charge in [0.15, 0.2) is 0 Å². The summed E-state index contributed by atoms with van der Waals surface area (Å²) in [5.74, 6) is -0.270. The van der Waals surface area contributed by atoms with Crippen molar-refractivity contribution in [1.29, 1.82) is 0 Å². The van der Waals surface area contributed by atoms with Gasteiger partial charge in [0.1, 0.15) is 5.82 Å². The van der Waals surface area contributed by atoms with E-state index in [1.54, 1.807) is 30.3 Å². The van der Waals surface area contributed by atoms with Gasteiger partial charge in [-0.2, -0.15) is 0 Å². The van der Waals surface area contributed by atoms with Crippen LogP contribution < -0.4 is 0 Å². The topological polar surface area (TPSA) is 42.4 Å². The molecule has 29 heavy (non-hydrogen) atoms. The molecule has 1 saturated heterocycles. The van der Waals surface area contributed by atoms with E-state index in [1.165, 1.54) is 6.07 Å². The maximum atomic E-state index is 14.2. The minimum absolute atomic E-state index is 0.0139. The number of likely N-dealkylation sites (tertiary alicyclic amines) is 1. The number of carbonyl (C=O) groups is 1. The van der Waals surface area contributed by atoms with Gasteiger partial charge in [0.2, 0.25) is 0 Å². The van der Waals surface area contributed by atoms with Gasteiger partial charge in [-0.1, -0.05) is 30.3 Å². The summed E-state index contributed by atoms with van der Waals surface area (Å²) in [7, 11) is 1.66. The summed E-state index contributed by atoms with van der Waals surface area (Å²) < 4.78 is 19.5. The van der Waals surface area contributed by atoms with Crippen molar-refractivity contribution >= 4 is 27.6 Å². The molecule has 1 amide bonds. The molecular formula is C24H19FN2O2. The van der Waals surface area contributed by atoms with Crippen LogP contribution >= 0.6 is 0 Å². The first-order chi connectivity index (χ1) is 14.1. The van der Waals surface area contributed by atoms with E-state index in [0.717, 1.165) is 21.9 Å². The number of pyridine rings is 1. The lowest BCUT2D eigenvalue weighted by Crippen LogP contribution is -2.54. The van der Waals surface area contributed by atoms with Crippen molar-refractivity contribution in [3.63, 3.8) is 0 Å². The van der Waals surface area contributed by atoms with Crippen LogP contribution in [0.2, 0.25) is 0 Å². The maximum Gasteiger partial charge on any atom is 0.254 e. The fraction of sp³-hybridized carbons (Fsp3) is 0.167. The Morgan fingerprint density at radius 1 is 1.07 bits per heavy atom. The third-order valence-corrected chi connectivity index (χ3v) is 5.58. The number of methoxy groups -OCH3 is 1. The Hall–Kier alpha value is -3.31. The van der Waals surface area contributed by atoms with Crippen LogP contribution in [-0.4, -0.2) is 42.1 Å². The van der Waals surface area contributed by atoms with Gasteiger partial charge in [-0.05, 0) is 46.7 Å². The molecule has 5 rings (SSSR count). The minimum atomic E-state index is -0.283. The quantitative estimate of drug-likeness (QED) is 0.514. The minimum Gasteiger partial charge on any atom is -0.378 e. The number of hydrogen-bond donors (Lipinski definition) is 0. The van der Waals surface area contributed by atoms with Gasteiger partial charge < -0.3 is 9.64 Å². The predicted octanol–water partition coefficient (Wildman–Crippen LogP) is 4.66. The van der Waals surface area contributed by atoms with E-state index in [4.69, 9.17) is 4.74 Å². The monoisotopic (exact) mass is 386 g/mol. The molecule has 5 heteroatoms. The lowest BCUT2D eigenvalue weighted by atomic mass is 9.96. The number of amides is 1. The third-order valence-electron chi connectivity index (χ3n) is 5.58. The number of halogens is 1. The van der Waals surface area contributed by atoms with Crippen LogP contribution in [-0.2, 0) is 4.74 Å². The molecule has 4 aromatic rings. The summed E-state index contributed by atoms with van der Waals surface area (Å²) in [6.45, 7) is 1.25. The summed E-state index contributed by atoms with van der Waals surface area (Å²) >= 11 is 0. The summed E-state index contributed by atoms with van der Waals surface area (Å²) in [5.41, 5.74) is 3.10. The lowest BCUT2D eigenvalue weighted by Gasteiger charge is -2.38. The molecule has 0 N–H and O–H groups in total. The second-order valence-electron chi connectivity index (χ2n) is 7.34. The highest BCUT2D eigenvalue weighted by atomic mass is 19.1. The molecule has 0 unspecified atom stereocenters. The first kappa shape index (κ1) is 17.8. The average molecular weight is 386 g/mol. The van der Waals surface area contributed by atoms with Crippen molar-refractivity contribution < 1.29 is 13.9 Å². The molecule has 4 nitrogen and oxygen atoms in total. The molecule has 0 atom stereocenters. The van der Waals surface area contributed by atoms with E-state index in [2.05, 4.69) is 4.98 Å². The summed E-state index contributed by atoms with van der Waals surface area (Å²) in [6.07, 6.45) is 1.90. The molecule has 1 fully saturated rings. The fourth-order valence-electron chi connectivity index (χ4n) is 3.86. The fourth-order valence-corrected chi connectivity index (χ4v) is 3.86. The van der Waals surface area contributed by atoms with E-state index >= 15 is 0 Å². The maximum absolute atomic E-state index is 14.2. The van der Waals surface area contributed by atoms with Crippen molar-refractivity contribution in [1.82, 2.24) is 9.88 Å². The molecule has 0 aliphatic carbocycles. The van der Waals surface area contributed by atoms with Crippen LogP contribution in [0.25, 0.3) is 32.8 Å². The second-order valence-corrected chi connectivity index (χ2v) is 7.34. The zero-order valence-corrected chi connectivity index (χ0v) is 15.9. The highest BCUT2D eigenvalue weighted by molar-refractivity contribution is 6.03. The summed E-state index contributed by atoms with van der Waals surface area (Å²) in [5, 5.41) is 2.46. The third kappa shape index (κ3) is 3.04. The van der Waals surface area contributed by atoms with Crippen LogP contribution in [0.15, 0.2) is 66.9 Å². The van der Waals surface area contributed by atoms with Gasteiger partial charge in [-0.3, -0.25) is 9.78 Å². The van der Waals surface area contributed by atoms with Gasteiger partial charge in [0.05, 0.1) is 11.6 Å². The second kappa shape index (κ2) is 6.94. The molecule has 3 aromatic carbocycles. The van der Waals surface area contributed by atoms with Crippen molar-refractivity contribution in [2.24, 2.45) is 0 Å². The first-order valence-corrected chi connectivity index (χ1v) is 9.53. The Morgan fingerprint density at radius 2 is 1.90 bits per heavy atom. The Bertz CT molecular complexity index is 1250.